The van der Waals surface area contributed by atoms with Crippen molar-refractivity contribution < 1.29 is 24.2 Å². The summed E-state index contributed by atoms with van der Waals surface area (Å²) in [6.45, 7) is 0.814. The highest BCUT2D eigenvalue weighted by Crippen LogP contribution is 2.46. The van der Waals surface area contributed by atoms with Gasteiger partial charge in [-0.05, 0) is 53.9 Å². The van der Waals surface area contributed by atoms with Gasteiger partial charge in [-0.25, -0.2) is 4.79 Å². The summed E-state index contributed by atoms with van der Waals surface area (Å²) in [4.78, 5) is 36.8. The number of nitrogens with one attached hydrogen (secondary N) is 2. The first kappa shape index (κ1) is 23.4. The highest BCUT2D eigenvalue weighted by atomic mass is 16.5. The fourth-order valence-electron chi connectivity index (χ4n) is 5.67. The van der Waals surface area contributed by atoms with Crippen LogP contribution in [-0.4, -0.2) is 42.8 Å². The first-order chi connectivity index (χ1) is 17.0. The average Bonchev–Trinajstić information content (AvgIpc) is 3.62. The summed E-state index contributed by atoms with van der Waals surface area (Å²) in [7, 11) is 0. The lowest BCUT2D eigenvalue weighted by atomic mass is 9.78. The summed E-state index contributed by atoms with van der Waals surface area (Å²) < 4.78 is 5.64. The van der Waals surface area contributed by atoms with Crippen molar-refractivity contribution in [1.29, 1.82) is 0 Å². The normalized spacial score (nSPS) is 21.9. The molecule has 35 heavy (non-hydrogen) atoms. The van der Waals surface area contributed by atoms with E-state index in [2.05, 4.69) is 34.9 Å². The summed E-state index contributed by atoms with van der Waals surface area (Å²) in [5, 5.41) is 15.1. The molecule has 0 unspecified atom stereocenters. The number of carbonyl (C=O) groups excluding carboxylic acids is 2. The second-order valence-corrected chi connectivity index (χ2v) is 10.2. The topological polar surface area (TPSA) is 105 Å². The lowest BCUT2D eigenvalue weighted by molar-refractivity contribution is -0.143. The number of carboxylic acids is 1. The number of benzene rings is 2. The Bertz CT molecular complexity index is 1080. The predicted molar refractivity (Wildman–Crippen MR) is 131 cm³/mol. The smallest absolute Gasteiger partial charge is 0.407 e. The van der Waals surface area contributed by atoms with Gasteiger partial charge in [0.25, 0.3) is 0 Å². The van der Waals surface area contributed by atoms with Gasteiger partial charge >= 0.3 is 12.1 Å². The number of ether oxygens (including phenoxy) is 1. The SMILES string of the molecule is O=C(NC[C@H]1CCCC[C@H]1C(=O)NCC1(C(=O)O)CC1)OCC1c2ccccc2-c2ccccc21. The molecule has 0 bridgehead atoms. The second-order valence-electron chi connectivity index (χ2n) is 10.2. The molecule has 0 radical (unpaired) electrons. The van der Waals surface area contributed by atoms with Crippen LogP contribution in [0, 0.1) is 17.3 Å². The van der Waals surface area contributed by atoms with Crippen molar-refractivity contribution in [3.8, 4) is 11.1 Å². The van der Waals surface area contributed by atoms with Crippen molar-refractivity contribution in [2.75, 3.05) is 19.7 Å². The van der Waals surface area contributed by atoms with E-state index in [1.807, 2.05) is 24.3 Å². The van der Waals surface area contributed by atoms with Crippen LogP contribution in [0.4, 0.5) is 4.79 Å². The Morgan fingerprint density at radius 2 is 1.54 bits per heavy atom. The van der Waals surface area contributed by atoms with Gasteiger partial charge in [0.15, 0.2) is 0 Å². The lowest BCUT2D eigenvalue weighted by Gasteiger charge is -2.31. The van der Waals surface area contributed by atoms with Crippen LogP contribution in [0.1, 0.15) is 55.6 Å². The number of fused-ring (bicyclic) bond motifs is 3. The summed E-state index contributed by atoms with van der Waals surface area (Å²) in [6, 6.07) is 16.4. The van der Waals surface area contributed by atoms with Crippen LogP contribution in [-0.2, 0) is 14.3 Å². The highest BCUT2D eigenvalue weighted by molar-refractivity contribution is 5.82. The van der Waals surface area contributed by atoms with Gasteiger partial charge in [-0.1, -0.05) is 61.4 Å². The third kappa shape index (κ3) is 4.77. The van der Waals surface area contributed by atoms with E-state index in [1.54, 1.807) is 0 Å². The molecule has 0 heterocycles. The molecule has 2 saturated carbocycles. The molecule has 3 aliphatic carbocycles. The van der Waals surface area contributed by atoms with E-state index in [1.165, 1.54) is 22.3 Å². The van der Waals surface area contributed by atoms with Gasteiger partial charge in [0, 0.05) is 24.9 Å². The molecular weight excluding hydrogens is 444 g/mol. The van der Waals surface area contributed by atoms with Crippen molar-refractivity contribution in [2.45, 2.75) is 44.4 Å². The van der Waals surface area contributed by atoms with Gasteiger partial charge < -0.3 is 20.5 Å². The van der Waals surface area contributed by atoms with Gasteiger partial charge in [0.1, 0.15) is 6.61 Å². The minimum absolute atomic E-state index is 0.00494. The van der Waals surface area contributed by atoms with Crippen LogP contribution in [0.3, 0.4) is 0 Å². The number of amides is 2. The Hall–Kier alpha value is -3.35. The Morgan fingerprint density at radius 3 is 2.17 bits per heavy atom. The molecule has 0 aromatic heterocycles. The summed E-state index contributed by atoms with van der Waals surface area (Å²) in [5.41, 5.74) is 3.92. The zero-order valence-electron chi connectivity index (χ0n) is 19.8. The van der Waals surface area contributed by atoms with Crippen LogP contribution >= 0.6 is 0 Å². The van der Waals surface area contributed by atoms with E-state index >= 15 is 0 Å². The third-order valence-corrected chi connectivity index (χ3v) is 8.01. The molecule has 2 aromatic rings. The van der Waals surface area contributed by atoms with Crippen molar-refractivity contribution in [2.24, 2.45) is 17.3 Å². The number of carbonyl (C=O) groups is 3. The zero-order valence-corrected chi connectivity index (χ0v) is 19.8. The van der Waals surface area contributed by atoms with Gasteiger partial charge in [0.2, 0.25) is 5.91 Å². The van der Waals surface area contributed by atoms with E-state index in [-0.39, 0.29) is 36.8 Å². The number of aliphatic carboxylic acids is 1. The van der Waals surface area contributed by atoms with Crippen LogP contribution in [0.25, 0.3) is 11.1 Å². The maximum Gasteiger partial charge on any atom is 0.407 e. The molecule has 7 nitrogen and oxygen atoms in total. The van der Waals surface area contributed by atoms with Crippen molar-refractivity contribution in [1.82, 2.24) is 10.6 Å². The fraction of sp³-hybridized carbons (Fsp3) is 0.464. The number of hydrogen-bond donors (Lipinski definition) is 3. The summed E-state index contributed by atoms with van der Waals surface area (Å²) in [5.74, 6) is -1.14. The van der Waals surface area contributed by atoms with E-state index in [4.69, 9.17) is 4.74 Å². The van der Waals surface area contributed by atoms with Crippen molar-refractivity contribution in [3.63, 3.8) is 0 Å². The van der Waals surface area contributed by atoms with Crippen LogP contribution < -0.4 is 10.6 Å². The zero-order chi connectivity index (χ0) is 24.4. The molecule has 3 N–H and O–H groups in total. The Morgan fingerprint density at radius 1 is 0.914 bits per heavy atom. The predicted octanol–water partition coefficient (Wildman–Crippen LogP) is 4.31. The Kier molecular flexibility index (Phi) is 6.50. The van der Waals surface area contributed by atoms with Gasteiger partial charge in [0.05, 0.1) is 5.41 Å². The van der Waals surface area contributed by atoms with E-state index < -0.39 is 17.5 Å². The quantitative estimate of drug-likeness (QED) is 0.527. The third-order valence-electron chi connectivity index (χ3n) is 8.01. The minimum atomic E-state index is -0.838. The standard InChI is InChI=1S/C28H32N2O5/c31-25(30-17-28(13-14-28)26(32)33)19-8-2-1-7-18(19)15-29-27(34)35-16-24-22-11-5-3-9-20(22)21-10-4-6-12-23(21)24/h3-6,9-12,18-19,24H,1-2,7-8,13-17H2,(H,29,34)(H,30,31)(H,32,33)/t18-,19-/m1/s1. The minimum Gasteiger partial charge on any atom is -0.481 e. The molecular formula is C28H32N2O5. The number of hydrogen-bond acceptors (Lipinski definition) is 4. The molecule has 3 aliphatic rings. The van der Waals surface area contributed by atoms with Gasteiger partial charge in [-0.15, -0.1) is 0 Å². The summed E-state index contributed by atoms with van der Waals surface area (Å²) >= 11 is 0. The van der Waals surface area contributed by atoms with E-state index in [0.717, 1.165) is 25.7 Å². The molecule has 2 aromatic carbocycles. The molecule has 0 spiro atoms. The highest BCUT2D eigenvalue weighted by Gasteiger charge is 2.50. The van der Waals surface area contributed by atoms with Crippen LogP contribution in [0.15, 0.2) is 48.5 Å². The van der Waals surface area contributed by atoms with Gasteiger partial charge in [-0.3, -0.25) is 9.59 Å². The van der Waals surface area contributed by atoms with E-state index in [9.17, 15) is 19.5 Å². The molecule has 2 atom stereocenters. The summed E-state index contributed by atoms with van der Waals surface area (Å²) in [6.07, 6.45) is 4.33. The van der Waals surface area contributed by atoms with E-state index in [0.29, 0.717) is 19.4 Å². The molecule has 2 fully saturated rings. The first-order valence-electron chi connectivity index (χ1n) is 12.6. The molecule has 2 amide bonds. The molecule has 184 valence electrons. The van der Waals surface area contributed by atoms with Crippen molar-refractivity contribution in [3.05, 3.63) is 59.7 Å². The molecule has 5 rings (SSSR count). The van der Waals surface area contributed by atoms with Gasteiger partial charge in [-0.2, -0.15) is 0 Å². The lowest BCUT2D eigenvalue weighted by Crippen LogP contribution is -2.44. The van der Waals surface area contributed by atoms with Crippen LogP contribution in [0.2, 0.25) is 0 Å². The molecule has 0 aliphatic heterocycles. The number of rotatable bonds is 8. The maximum atomic E-state index is 12.8. The maximum absolute atomic E-state index is 12.8. The average molecular weight is 477 g/mol. The van der Waals surface area contributed by atoms with Crippen LogP contribution in [0.5, 0.6) is 0 Å². The first-order valence-corrected chi connectivity index (χ1v) is 12.6. The molecule has 7 heteroatoms. The number of carboxylic acid groups (broad SMARTS) is 1. The second kappa shape index (κ2) is 9.72. The number of alkyl carbamates (subject to hydrolysis) is 1. The Balaban J connectivity index is 1.14. The fourth-order valence-corrected chi connectivity index (χ4v) is 5.67. The molecule has 0 saturated heterocycles. The van der Waals surface area contributed by atoms with Crippen molar-refractivity contribution >= 4 is 18.0 Å². The monoisotopic (exact) mass is 476 g/mol. The largest absolute Gasteiger partial charge is 0.481 e. The Labute approximate surface area is 205 Å².